The topological polar surface area (TPSA) is 57.6 Å². The molecule has 0 aromatic heterocycles. The fourth-order valence-electron chi connectivity index (χ4n) is 2.65. The molecule has 0 unspecified atom stereocenters. The van der Waals surface area contributed by atoms with Gasteiger partial charge in [-0.1, -0.05) is 47.0 Å². The Labute approximate surface area is 165 Å². The lowest BCUT2D eigenvalue weighted by Gasteiger charge is -2.15. The third-order valence-corrected chi connectivity index (χ3v) is 5.47. The number of aliphatic hydroxyl groups is 1. The van der Waals surface area contributed by atoms with E-state index < -0.39 is 11.8 Å². The van der Waals surface area contributed by atoms with E-state index >= 15 is 0 Å². The molecule has 134 valence electrons. The molecule has 0 saturated heterocycles. The van der Waals surface area contributed by atoms with Gasteiger partial charge in [-0.15, -0.1) is 11.8 Å². The Hall–Kier alpha value is -1.79. The van der Waals surface area contributed by atoms with Gasteiger partial charge in [-0.3, -0.25) is 9.59 Å². The number of benzene rings is 2. The third-order valence-electron chi connectivity index (χ3n) is 3.87. The minimum Gasteiger partial charge on any atom is -0.396 e. The molecule has 0 radical (unpaired) electrons. The molecule has 2 aromatic rings. The summed E-state index contributed by atoms with van der Waals surface area (Å²) in [5.74, 6) is -0.563. The minimum absolute atomic E-state index is 0.109. The van der Waals surface area contributed by atoms with Gasteiger partial charge in [-0.25, -0.2) is 4.90 Å². The molecule has 2 amide bonds. The number of aliphatic hydroxyl groups excluding tert-OH is 1. The summed E-state index contributed by atoms with van der Waals surface area (Å²) in [5, 5.41) is 9.88. The average molecular weight is 408 g/mol. The first-order chi connectivity index (χ1) is 12.4. The van der Waals surface area contributed by atoms with Gasteiger partial charge in [0, 0.05) is 16.3 Å². The van der Waals surface area contributed by atoms with Gasteiger partial charge in [0.1, 0.15) is 0 Å². The molecule has 1 aliphatic rings. The van der Waals surface area contributed by atoms with Crippen LogP contribution < -0.4 is 4.90 Å². The van der Waals surface area contributed by atoms with Crippen LogP contribution in [0.4, 0.5) is 5.69 Å². The number of thioether (sulfide) groups is 1. The molecule has 0 spiro atoms. The first kappa shape index (κ1) is 19.0. The average Bonchev–Trinajstić information content (AvgIpc) is 2.84. The summed E-state index contributed by atoms with van der Waals surface area (Å²) in [7, 11) is 0. The van der Waals surface area contributed by atoms with Crippen LogP contribution in [0, 0.1) is 6.92 Å². The van der Waals surface area contributed by atoms with E-state index in [4.69, 9.17) is 28.3 Å². The number of hydrogen-bond donors (Lipinski definition) is 1. The number of aryl methyl sites for hydroxylation is 1. The fraction of sp³-hybridized carbons (Fsp3) is 0.158. The predicted octanol–water partition coefficient (Wildman–Crippen LogP) is 4.31. The Balaban J connectivity index is 2.10. The Morgan fingerprint density at radius 2 is 1.73 bits per heavy atom. The monoisotopic (exact) mass is 407 g/mol. The standard InChI is InChI=1S/C19H15Cl2NO3S/c1-11-2-5-13(6-3-11)22-18(24)16(17(19(22)25)26-9-8-23)14-7-4-12(20)10-15(14)21/h2-7,10,23H,8-9H2,1H3. The predicted molar refractivity (Wildman–Crippen MR) is 107 cm³/mol. The summed E-state index contributed by atoms with van der Waals surface area (Å²) >= 11 is 13.4. The van der Waals surface area contributed by atoms with E-state index in [0.717, 1.165) is 22.2 Å². The molecule has 1 aliphatic heterocycles. The number of rotatable bonds is 5. The maximum atomic E-state index is 13.1. The molecular formula is C19H15Cl2NO3S. The van der Waals surface area contributed by atoms with Gasteiger partial charge < -0.3 is 5.11 Å². The van der Waals surface area contributed by atoms with Crippen molar-refractivity contribution in [3.05, 3.63) is 68.5 Å². The molecule has 3 rings (SSSR count). The summed E-state index contributed by atoms with van der Waals surface area (Å²) in [6, 6.07) is 11.9. The number of anilines is 1. The van der Waals surface area contributed by atoms with Crippen LogP contribution in [-0.2, 0) is 9.59 Å². The normalized spacial score (nSPS) is 14.5. The maximum absolute atomic E-state index is 13.1. The quantitative estimate of drug-likeness (QED) is 0.750. The van der Waals surface area contributed by atoms with Gasteiger partial charge in [0.15, 0.2) is 0 Å². The molecule has 0 saturated carbocycles. The van der Waals surface area contributed by atoms with E-state index in [9.17, 15) is 9.59 Å². The minimum atomic E-state index is -0.441. The Morgan fingerprint density at radius 1 is 1.04 bits per heavy atom. The molecule has 0 aliphatic carbocycles. The zero-order chi connectivity index (χ0) is 18.8. The Morgan fingerprint density at radius 3 is 2.35 bits per heavy atom. The van der Waals surface area contributed by atoms with Crippen LogP contribution in [0.25, 0.3) is 5.57 Å². The second-order valence-corrected chi connectivity index (χ2v) is 7.63. The number of carbonyl (C=O) groups excluding carboxylic acids is 2. The van der Waals surface area contributed by atoms with Gasteiger partial charge in [-0.2, -0.15) is 0 Å². The molecule has 7 heteroatoms. The molecule has 0 bridgehead atoms. The number of imide groups is 1. The maximum Gasteiger partial charge on any atom is 0.272 e. The van der Waals surface area contributed by atoms with E-state index in [0.29, 0.717) is 27.0 Å². The summed E-state index contributed by atoms with van der Waals surface area (Å²) in [6.07, 6.45) is 0. The van der Waals surface area contributed by atoms with E-state index in [-0.39, 0.29) is 17.1 Å². The van der Waals surface area contributed by atoms with Crippen LogP contribution in [0.2, 0.25) is 10.0 Å². The lowest BCUT2D eigenvalue weighted by molar-refractivity contribution is -0.119. The molecular weight excluding hydrogens is 393 g/mol. The Bertz CT molecular complexity index is 910. The molecule has 0 atom stereocenters. The Kier molecular flexibility index (Phi) is 5.73. The lowest BCUT2D eigenvalue weighted by Crippen LogP contribution is -2.31. The van der Waals surface area contributed by atoms with Gasteiger partial charge in [0.05, 0.1) is 27.8 Å². The van der Waals surface area contributed by atoms with Crippen molar-refractivity contribution in [1.29, 1.82) is 0 Å². The molecule has 26 heavy (non-hydrogen) atoms. The second-order valence-electron chi connectivity index (χ2n) is 5.68. The van der Waals surface area contributed by atoms with Crippen LogP contribution in [0.15, 0.2) is 47.4 Å². The summed E-state index contributed by atoms with van der Waals surface area (Å²) in [4.78, 5) is 27.4. The number of halogens is 2. The SMILES string of the molecule is Cc1ccc(N2C(=O)C(SCCO)=C(c3ccc(Cl)cc3Cl)C2=O)cc1. The molecule has 1 N–H and O–H groups in total. The lowest BCUT2D eigenvalue weighted by atomic mass is 10.1. The molecule has 4 nitrogen and oxygen atoms in total. The van der Waals surface area contributed by atoms with E-state index in [1.165, 1.54) is 6.07 Å². The fourth-order valence-corrected chi connectivity index (χ4v) is 4.00. The van der Waals surface area contributed by atoms with Crippen molar-refractivity contribution in [3.8, 4) is 0 Å². The van der Waals surface area contributed by atoms with Crippen molar-refractivity contribution in [2.45, 2.75) is 6.92 Å². The largest absolute Gasteiger partial charge is 0.396 e. The van der Waals surface area contributed by atoms with Crippen LogP contribution in [0.5, 0.6) is 0 Å². The third kappa shape index (κ3) is 3.53. The highest BCUT2D eigenvalue weighted by Gasteiger charge is 2.40. The summed E-state index contributed by atoms with van der Waals surface area (Å²) in [5.41, 5.74) is 2.20. The van der Waals surface area contributed by atoms with Crippen LogP contribution in [0.3, 0.4) is 0 Å². The van der Waals surface area contributed by atoms with Crippen molar-refractivity contribution in [3.63, 3.8) is 0 Å². The first-order valence-electron chi connectivity index (χ1n) is 7.83. The van der Waals surface area contributed by atoms with Gasteiger partial charge in [0.25, 0.3) is 11.8 Å². The molecule has 0 fully saturated rings. The van der Waals surface area contributed by atoms with Crippen LogP contribution in [-0.4, -0.2) is 29.3 Å². The van der Waals surface area contributed by atoms with E-state index in [2.05, 4.69) is 0 Å². The summed E-state index contributed by atoms with van der Waals surface area (Å²) in [6.45, 7) is 1.82. The highest BCUT2D eigenvalue weighted by atomic mass is 35.5. The van der Waals surface area contributed by atoms with E-state index in [1.54, 1.807) is 24.3 Å². The highest BCUT2D eigenvalue weighted by molar-refractivity contribution is 8.04. The second kappa shape index (κ2) is 7.84. The zero-order valence-corrected chi connectivity index (χ0v) is 16.2. The van der Waals surface area contributed by atoms with Crippen molar-refractivity contribution < 1.29 is 14.7 Å². The molecule has 1 heterocycles. The van der Waals surface area contributed by atoms with Crippen molar-refractivity contribution in [1.82, 2.24) is 0 Å². The highest BCUT2D eigenvalue weighted by Crippen LogP contribution is 2.40. The smallest absolute Gasteiger partial charge is 0.272 e. The van der Waals surface area contributed by atoms with Gasteiger partial charge in [0.2, 0.25) is 0 Å². The number of nitrogens with zero attached hydrogens (tertiary/aromatic N) is 1. The first-order valence-corrected chi connectivity index (χ1v) is 9.57. The zero-order valence-electron chi connectivity index (χ0n) is 13.8. The number of hydrogen-bond acceptors (Lipinski definition) is 4. The van der Waals surface area contributed by atoms with Gasteiger partial charge >= 0.3 is 0 Å². The van der Waals surface area contributed by atoms with E-state index in [1.807, 2.05) is 19.1 Å². The van der Waals surface area contributed by atoms with Crippen molar-refractivity contribution >= 4 is 58.0 Å². The van der Waals surface area contributed by atoms with Crippen LogP contribution in [0.1, 0.15) is 11.1 Å². The number of amides is 2. The van der Waals surface area contributed by atoms with Crippen molar-refractivity contribution in [2.75, 3.05) is 17.3 Å². The van der Waals surface area contributed by atoms with Crippen molar-refractivity contribution in [2.24, 2.45) is 0 Å². The van der Waals surface area contributed by atoms with Gasteiger partial charge in [-0.05, 0) is 31.2 Å². The number of carbonyl (C=O) groups is 2. The molecule has 2 aromatic carbocycles. The summed E-state index contributed by atoms with van der Waals surface area (Å²) < 4.78 is 0. The van der Waals surface area contributed by atoms with Crippen LogP contribution >= 0.6 is 35.0 Å².